The molecule has 0 aromatic heterocycles. The Labute approximate surface area is 98.4 Å². The Balaban J connectivity index is 4.27. The van der Waals surface area contributed by atoms with Gasteiger partial charge in [0.15, 0.2) is 0 Å². The third kappa shape index (κ3) is 6.23. The Morgan fingerprint density at radius 2 is 1.81 bits per heavy atom. The summed E-state index contributed by atoms with van der Waals surface area (Å²) in [5.41, 5.74) is 3.91. The van der Waals surface area contributed by atoms with Crippen LogP contribution in [0.2, 0.25) is 0 Å². The highest BCUT2D eigenvalue weighted by Crippen LogP contribution is 2.08. The first kappa shape index (κ1) is 14.7. The van der Waals surface area contributed by atoms with Gasteiger partial charge < -0.3 is 5.32 Å². The minimum atomic E-state index is -0.881. The second-order valence-electron chi connectivity index (χ2n) is 4.18. The molecule has 0 aromatic carbocycles. The molecule has 0 saturated heterocycles. The van der Waals surface area contributed by atoms with Gasteiger partial charge in [-0.25, -0.2) is 4.39 Å². The summed E-state index contributed by atoms with van der Waals surface area (Å²) in [5.74, 6) is 0. The number of hydrogen-bond donors (Lipinski definition) is 1. The van der Waals surface area contributed by atoms with Crippen LogP contribution in [0.3, 0.4) is 0 Å². The van der Waals surface area contributed by atoms with Crippen molar-refractivity contribution in [2.45, 2.75) is 33.9 Å². The van der Waals surface area contributed by atoms with E-state index in [1.165, 1.54) is 18.1 Å². The maximum absolute atomic E-state index is 12.6. The summed E-state index contributed by atoms with van der Waals surface area (Å²) >= 11 is 0. The van der Waals surface area contributed by atoms with Crippen molar-refractivity contribution >= 4 is 0 Å². The van der Waals surface area contributed by atoms with E-state index in [-0.39, 0.29) is 6.54 Å². The number of hydrogen-bond acceptors (Lipinski definition) is 1. The van der Waals surface area contributed by atoms with Crippen LogP contribution in [0, 0.1) is 0 Å². The molecule has 0 radical (unpaired) electrons. The van der Waals surface area contributed by atoms with Crippen molar-refractivity contribution in [1.82, 2.24) is 5.32 Å². The fourth-order valence-electron chi connectivity index (χ4n) is 0.870. The molecule has 0 aromatic rings. The predicted molar refractivity (Wildman–Crippen MR) is 70.0 cm³/mol. The van der Waals surface area contributed by atoms with E-state index in [9.17, 15) is 4.39 Å². The van der Waals surface area contributed by atoms with Crippen molar-refractivity contribution in [2.24, 2.45) is 0 Å². The first-order valence-corrected chi connectivity index (χ1v) is 5.43. The highest BCUT2D eigenvalue weighted by molar-refractivity contribution is 5.37. The standard InChI is InChI=1S/C14H22FN/c1-10(2)11(3)7-8-12(4)14(6)16-9-13(5)15/h7-8,13,16H,4,6,9H2,1-3,5H3/b8-7-. The van der Waals surface area contributed by atoms with Crippen LogP contribution in [-0.4, -0.2) is 12.7 Å². The van der Waals surface area contributed by atoms with Gasteiger partial charge in [-0.15, -0.1) is 0 Å². The third-order valence-corrected chi connectivity index (χ3v) is 2.31. The van der Waals surface area contributed by atoms with Gasteiger partial charge in [-0.1, -0.05) is 36.5 Å². The number of alkyl halides is 1. The van der Waals surface area contributed by atoms with Crippen molar-refractivity contribution in [1.29, 1.82) is 0 Å². The van der Waals surface area contributed by atoms with E-state index in [2.05, 4.69) is 32.3 Å². The molecule has 0 rings (SSSR count). The Hall–Kier alpha value is -1.31. The molecule has 16 heavy (non-hydrogen) atoms. The molecule has 0 spiro atoms. The van der Waals surface area contributed by atoms with Crippen LogP contribution in [0.15, 0.2) is 47.7 Å². The van der Waals surface area contributed by atoms with Crippen LogP contribution in [0.5, 0.6) is 0 Å². The summed E-state index contributed by atoms with van der Waals surface area (Å²) in [7, 11) is 0. The molecule has 1 nitrogen and oxygen atoms in total. The largest absolute Gasteiger partial charge is 0.382 e. The normalized spacial score (nSPS) is 12.3. The molecule has 90 valence electrons. The fourth-order valence-corrected chi connectivity index (χ4v) is 0.870. The van der Waals surface area contributed by atoms with Gasteiger partial charge in [0.1, 0.15) is 6.17 Å². The first-order chi connectivity index (χ1) is 7.34. The summed E-state index contributed by atoms with van der Waals surface area (Å²) in [6, 6.07) is 0. The van der Waals surface area contributed by atoms with Gasteiger partial charge in [-0.3, -0.25) is 0 Å². The lowest BCUT2D eigenvalue weighted by Crippen LogP contribution is -2.21. The number of rotatable bonds is 6. The molecule has 0 aliphatic rings. The van der Waals surface area contributed by atoms with Crippen molar-refractivity contribution < 1.29 is 4.39 Å². The van der Waals surface area contributed by atoms with Crippen molar-refractivity contribution in [3.05, 3.63) is 47.7 Å². The second kappa shape index (κ2) is 7.04. The number of allylic oxidation sites excluding steroid dienone is 4. The first-order valence-electron chi connectivity index (χ1n) is 5.43. The molecule has 0 heterocycles. The molecule has 2 heteroatoms. The lowest BCUT2D eigenvalue weighted by molar-refractivity contribution is 0.354. The topological polar surface area (TPSA) is 12.0 Å². The van der Waals surface area contributed by atoms with Gasteiger partial charge in [0.2, 0.25) is 0 Å². The molecule has 0 aliphatic carbocycles. The van der Waals surface area contributed by atoms with E-state index in [4.69, 9.17) is 0 Å². The van der Waals surface area contributed by atoms with E-state index in [1.807, 2.05) is 19.1 Å². The molecule has 0 amide bonds. The van der Waals surface area contributed by atoms with E-state index in [0.717, 1.165) is 5.57 Å². The van der Waals surface area contributed by atoms with E-state index in [1.54, 1.807) is 0 Å². The van der Waals surface area contributed by atoms with Crippen LogP contribution in [0.4, 0.5) is 4.39 Å². The van der Waals surface area contributed by atoms with Crippen LogP contribution in [-0.2, 0) is 0 Å². The lowest BCUT2D eigenvalue weighted by Gasteiger charge is -2.10. The molecule has 0 saturated carbocycles. The lowest BCUT2D eigenvalue weighted by atomic mass is 10.1. The van der Waals surface area contributed by atoms with Gasteiger partial charge in [-0.05, 0) is 33.3 Å². The van der Waals surface area contributed by atoms with Crippen LogP contribution in [0.25, 0.3) is 0 Å². The zero-order chi connectivity index (χ0) is 12.7. The van der Waals surface area contributed by atoms with Crippen molar-refractivity contribution in [2.75, 3.05) is 6.54 Å². The molecule has 1 atom stereocenters. The second-order valence-corrected chi connectivity index (χ2v) is 4.18. The van der Waals surface area contributed by atoms with E-state index in [0.29, 0.717) is 5.70 Å². The Morgan fingerprint density at radius 3 is 2.25 bits per heavy atom. The smallest absolute Gasteiger partial charge is 0.114 e. The zero-order valence-electron chi connectivity index (χ0n) is 10.7. The quantitative estimate of drug-likeness (QED) is 0.673. The summed E-state index contributed by atoms with van der Waals surface area (Å²) in [6.45, 7) is 15.6. The van der Waals surface area contributed by atoms with Crippen LogP contribution in [0.1, 0.15) is 27.7 Å². The average molecular weight is 223 g/mol. The van der Waals surface area contributed by atoms with Gasteiger partial charge in [0.25, 0.3) is 0 Å². The van der Waals surface area contributed by atoms with Gasteiger partial charge in [-0.2, -0.15) is 0 Å². The molecular weight excluding hydrogens is 201 g/mol. The van der Waals surface area contributed by atoms with Crippen LogP contribution >= 0.6 is 0 Å². The van der Waals surface area contributed by atoms with Crippen LogP contribution < -0.4 is 5.32 Å². The highest BCUT2D eigenvalue weighted by Gasteiger charge is 2.00. The van der Waals surface area contributed by atoms with Gasteiger partial charge in [0, 0.05) is 12.2 Å². The summed E-state index contributed by atoms with van der Waals surface area (Å²) in [6.07, 6.45) is 3.00. The molecular formula is C14H22FN. The monoisotopic (exact) mass is 223 g/mol. The minimum Gasteiger partial charge on any atom is -0.382 e. The maximum Gasteiger partial charge on any atom is 0.114 e. The SMILES string of the molecule is C=C(/C=C\C(C)=C(C)C)C(=C)NCC(C)F. The molecule has 0 fully saturated rings. The fraction of sp³-hybridized carbons (Fsp3) is 0.429. The summed E-state index contributed by atoms with van der Waals surface area (Å²) in [5, 5.41) is 2.90. The average Bonchev–Trinajstić information content (AvgIpc) is 2.21. The summed E-state index contributed by atoms with van der Waals surface area (Å²) < 4.78 is 12.6. The third-order valence-electron chi connectivity index (χ3n) is 2.31. The van der Waals surface area contributed by atoms with Gasteiger partial charge >= 0.3 is 0 Å². The van der Waals surface area contributed by atoms with Crippen molar-refractivity contribution in [3.63, 3.8) is 0 Å². The summed E-state index contributed by atoms with van der Waals surface area (Å²) in [4.78, 5) is 0. The maximum atomic E-state index is 12.6. The molecule has 1 N–H and O–H groups in total. The van der Waals surface area contributed by atoms with Crippen molar-refractivity contribution in [3.8, 4) is 0 Å². The zero-order valence-corrected chi connectivity index (χ0v) is 10.7. The number of halogens is 1. The number of nitrogens with one attached hydrogen (secondary N) is 1. The predicted octanol–water partition coefficient (Wildman–Crippen LogP) is 3.92. The highest BCUT2D eigenvalue weighted by atomic mass is 19.1. The molecule has 1 unspecified atom stereocenters. The van der Waals surface area contributed by atoms with E-state index >= 15 is 0 Å². The molecule has 0 bridgehead atoms. The van der Waals surface area contributed by atoms with Gasteiger partial charge in [0.05, 0.1) is 0 Å². The van der Waals surface area contributed by atoms with E-state index < -0.39 is 6.17 Å². The Bertz CT molecular complexity index is 318. The Kier molecular flexibility index (Phi) is 6.47. The minimum absolute atomic E-state index is 0.271. The Morgan fingerprint density at radius 1 is 1.25 bits per heavy atom. The molecule has 0 aliphatic heterocycles.